The molecule has 0 radical (unpaired) electrons. The predicted molar refractivity (Wildman–Crippen MR) is 139 cm³/mol. The van der Waals surface area contributed by atoms with Crippen molar-refractivity contribution in [1.29, 1.82) is 0 Å². The third-order valence-electron chi connectivity index (χ3n) is 7.30. The molecular weight excluding hydrogens is 482 g/mol. The third-order valence-corrected chi connectivity index (χ3v) is 9.06. The smallest absolute Gasteiger partial charge is 0.373 e. The topological polar surface area (TPSA) is 99.4 Å². The Hall–Kier alpha value is -2.42. The quantitative estimate of drug-likeness (QED) is 0.313. The normalized spacial score (nSPS) is 20.3. The second-order valence-electron chi connectivity index (χ2n) is 9.43. The van der Waals surface area contributed by atoms with Gasteiger partial charge in [-0.3, -0.25) is 0 Å². The molecule has 3 aromatic carbocycles. The fourth-order valence-electron chi connectivity index (χ4n) is 5.30. The summed E-state index contributed by atoms with van der Waals surface area (Å²) in [5.74, 6) is 0.774. The Morgan fingerprint density at radius 2 is 1.86 bits per heavy atom. The summed E-state index contributed by atoms with van der Waals surface area (Å²) in [6, 6.07) is 21.5. The number of benzene rings is 3. The molecule has 0 bridgehead atoms. The SMILES string of the molecule is [NH3+]c1ccc(S(=O)(=[OH+])NCCOc2ccc3c(c2)C(C2(c4ccc(Cl)cc4)CCC2)NCC3)cc1. The molecule has 184 valence electrons. The van der Waals surface area contributed by atoms with E-state index in [1.54, 1.807) is 24.3 Å². The van der Waals surface area contributed by atoms with Gasteiger partial charge in [0, 0.05) is 35.2 Å². The van der Waals surface area contributed by atoms with Gasteiger partial charge in [0.15, 0.2) is 0 Å². The van der Waals surface area contributed by atoms with Crippen LogP contribution in [0.15, 0.2) is 71.6 Å². The number of hydrogen-bond donors (Lipinski definition) is 3. The molecule has 3 aromatic rings. The van der Waals surface area contributed by atoms with E-state index in [1.807, 2.05) is 18.2 Å². The molecule has 1 aliphatic carbocycles. The van der Waals surface area contributed by atoms with E-state index in [9.17, 15) is 8.42 Å². The molecule has 0 saturated heterocycles. The molecule has 8 heteroatoms. The number of hydrogen-bond acceptors (Lipinski definition) is 3. The first-order valence-corrected chi connectivity index (χ1v) is 14.0. The van der Waals surface area contributed by atoms with Gasteiger partial charge in [0.25, 0.3) is 0 Å². The Morgan fingerprint density at radius 3 is 2.54 bits per heavy atom. The number of quaternary nitrogens is 1. The molecule has 1 heterocycles. The van der Waals surface area contributed by atoms with E-state index in [0.29, 0.717) is 4.90 Å². The number of nitrogens with one attached hydrogen (secondary N) is 2. The molecule has 0 amide bonds. The minimum atomic E-state index is -3.33. The Morgan fingerprint density at radius 1 is 1.11 bits per heavy atom. The maximum atomic E-state index is 12.6. The highest BCUT2D eigenvalue weighted by Crippen LogP contribution is 2.53. The zero-order valence-electron chi connectivity index (χ0n) is 19.6. The molecule has 0 spiro atoms. The van der Waals surface area contributed by atoms with Crippen LogP contribution in [0.25, 0.3) is 0 Å². The first-order valence-electron chi connectivity index (χ1n) is 12.1. The predicted octanol–water partition coefficient (Wildman–Crippen LogP) is 4.04. The van der Waals surface area contributed by atoms with Gasteiger partial charge in [-0.15, -0.1) is 0 Å². The van der Waals surface area contributed by atoms with Crippen LogP contribution in [-0.4, -0.2) is 28.1 Å². The van der Waals surface area contributed by atoms with Crippen LogP contribution in [0, 0.1) is 0 Å². The van der Waals surface area contributed by atoms with Gasteiger partial charge < -0.3 is 15.8 Å². The van der Waals surface area contributed by atoms with Gasteiger partial charge in [-0.25, -0.2) is 4.21 Å². The van der Waals surface area contributed by atoms with E-state index >= 15 is 0 Å². The van der Waals surface area contributed by atoms with Crippen molar-refractivity contribution >= 4 is 27.3 Å². The molecule has 0 aromatic heterocycles. The molecule has 2 atom stereocenters. The van der Waals surface area contributed by atoms with Crippen LogP contribution in [-0.2, 0) is 21.9 Å². The van der Waals surface area contributed by atoms with E-state index < -0.39 is 10.0 Å². The van der Waals surface area contributed by atoms with Crippen LogP contribution >= 0.6 is 11.6 Å². The van der Waals surface area contributed by atoms with E-state index in [1.165, 1.54) is 23.1 Å². The summed E-state index contributed by atoms with van der Waals surface area (Å²) in [5, 5.41) is 4.55. The summed E-state index contributed by atoms with van der Waals surface area (Å²) in [6.07, 6.45) is 4.49. The fraction of sp³-hybridized carbons (Fsp3) is 0.333. The largest absolute Gasteiger partial charge is 0.492 e. The van der Waals surface area contributed by atoms with Crippen LogP contribution < -0.4 is 20.5 Å². The Bertz CT molecular complexity index is 1290. The van der Waals surface area contributed by atoms with Crippen LogP contribution in [0.5, 0.6) is 5.75 Å². The molecular formula is C27H32ClN3O3S+2. The molecule has 35 heavy (non-hydrogen) atoms. The van der Waals surface area contributed by atoms with Crippen LogP contribution in [0.4, 0.5) is 5.69 Å². The monoisotopic (exact) mass is 513 g/mol. The second-order valence-corrected chi connectivity index (χ2v) is 11.7. The summed E-state index contributed by atoms with van der Waals surface area (Å²) >= 11 is 6.17. The molecule has 1 fully saturated rings. The van der Waals surface area contributed by atoms with Crippen LogP contribution in [0.1, 0.15) is 42.0 Å². The fourth-order valence-corrected chi connectivity index (χ4v) is 6.46. The molecule has 1 saturated carbocycles. The highest BCUT2D eigenvalue weighted by molar-refractivity contribution is 7.89. The van der Waals surface area contributed by atoms with Gasteiger partial charge in [0.1, 0.15) is 22.9 Å². The zero-order valence-corrected chi connectivity index (χ0v) is 21.2. The number of ether oxygens (including phenoxy) is 1. The van der Waals surface area contributed by atoms with E-state index in [-0.39, 0.29) is 24.6 Å². The third kappa shape index (κ3) is 4.97. The first-order chi connectivity index (χ1) is 16.9. The first kappa shape index (κ1) is 24.3. The zero-order chi connectivity index (χ0) is 24.5. The van der Waals surface area contributed by atoms with Crippen molar-refractivity contribution in [2.45, 2.75) is 42.0 Å². The number of fused-ring (bicyclic) bond motifs is 1. The maximum absolute atomic E-state index is 12.6. The molecule has 6 nitrogen and oxygen atoms in total. The lowest BCUT2D eigenvalue weighted by atomic mass is 9.58. The van der Waals surface area contributed by atoms with Crippen LogP contribution in [0.3, 0.4) is 0 Å². The van der Waals surface area contributed by atoms with Gasteiger partial charge in [0.05, 0.1) is 0 Å². The maximum Gasteiger partial charge on any atom is 0.373 e. The number of halogens is 1. The van der Waals surface area contributed by atoms with Gasteiger partial charge in [-0.2, -0.15) is 8.93 Å². The van der Waals surface area contributed by atoms with Gasteiger partial charge in [-0.05, 0) is 78.9 Å². The van der Waals surface area contributed by atoms with E-state index in [4.69, 9.17) is 16.3 Å². The van der Waals surface area contributed by atoms with Gasteiger partial charge in [0.2, 0.25) is 0 Å². The van der Waals surface area contributed by atoms with Crippen molar-refractivity contribution in [3.05, 3.63) is 88.4 Å². The molecule has 2 unspecified atom stereocenters. The van der Waals surface area contributed by atoms with Crippen molar-refractivity contribution in [3.63, 3.8) is 0 Å². The molecule has 2 aliphatic rings. The van der Waals surface area contributed by atoms with Crippen LogP contribution in [0.2, 0.25) is 5.02 Å². The second kappa shape index (κ2) is 9.91. The van der Waals surface area contributed by atoms with E-state index in [2.05, 4.69) is 40.0 Å². The highest BCUT2D eigenvalue weighted by Gasteiger charge is 2.47. The summed E-state index contributed by atoms with van der Waals surface area (Å²) < 4.78 is 31.7. The lowest BCUT2D eigenvalue weighted by Crippen LogP contribution is -2.49. The average molecular weight is 514 g/mol. The summed E-state index contributed by atoms with van der Waals surface area (Å²) in [4.78, 5) is 0.334. The average Bonchev–Trinajstić information content (AvgIpc) is 2.83. The Balaban J connectivity index is 1.29. The van der Waals surface area contributed by atoms with Crippen molar-refractivity contribution < 1.29 is 18.9 Å². The van der Waals surface area contributed by atoms with E-state index in [0.717, 1.165) is 42.3 Å². The van der Waals surface area contributed by atoms with Crippen molar-refractivity contribution in [2.24, 2.45) is 0 Å². The van der Waals surface area contributed by atoms with Gasteiger partial charge in [-0.1, -0.05) is 36.2 Å². The summed E-state index contributed by atoms with van der Waals surface area (Å²) in [5.41, 5.74) is 8.64. The van der Waals surface area contributed by atoms with Crippen molar-refractivity contribution in [3.8, 4) is 5.75 Å². The van der Waals surface area contributed by atoms with Crippen molar-refractivity contribution in [1.82, 2.24) is 10.0 Å². The Kier molecular flexibility index (Phi) is 6.88. The lowest BCUT2D eigenvalue weighted by molar-refractivity contribution is -0.254. The Labute approximate surface area is 211 Å². The molecule has 1 aliphatic heterocycles. The lowest BCUT2D eigenvalue weighted by Gasteiger charge is -2.50. The van der Waals surface area contributed by atoms with Crippen molar-refractivity contribution in [2.75, 3.05) is 19.7 Å². The standard InChI is InChI=1S/C27H30ClN3O3S/c28-21-5-3-20(4-6-21)27(13-1-14-27)26-25-18-23(9-2-19(25)12-15-30-26)34-17-16-31-35(32,33)24-10-7-22(29)8-11-24/h2-11,18,26,30H,1,12-17,29H2,(H,31,32,33)/p+2. The summed E-state index contributed by atoms with van der Waals surface area (Å²) in [7, 11) is -3.33. The number of rotatable bonds is 8. The summed E-state index contributed by atoms with van der Waals surface area (Å²) in [6.45, 7) is 1.48. The molecule has 5 rings (SSSR count). The minimum absolute atomic E-state index is 0.0614. The minimum Gasteiger partial charge on any atom is -0.492 e. The molecule has 6 N–H and O–H groups in total. The van der Waals surface area contributed by atoms with Gasteiger partial charge >= 0.3 is 10.0 Å². The highest BCUT2D eigenvalue weighted by atomic mass is 35.5.